The monoisotopic (exact) mass is 573 g/mol. The number of rotatable bonds is 6. The number of hydrogen-bond acceptors (Lipinski definition) is 8. The van der Waals surface area contributed by atoms with Crippen molar-refractivity contribution in [2.24, 2.45) is 22.7 Å². The maximum absolute atomic E-state index is 13.4. The van der Waals surface area contributed by atoms with Gasteiger partial charge in [-0.15, -0.1) is 0 Å². The first-order chi connectivity index (χ1) is 19.0. The first-order valence-electron chi connectivity index (χ1n) is 14.2. The van der Waals surface area contributed by atoms with Crippen molar-refractivity contribution in [1.29, 1.82) is 0 Å². The Morgan fingerprint density at radius 3 is 2.46 bits per heavy atom. The Morgan fingerprint density at radius 2 is 1.85 bits per heavy atom. The third-order valence-electron chi connectivity index (χ3n) is 10.7. The van der Waals surface area contributed by atoms with E-state index in [-0.39, 0.29) is 36.1 Å². The molecule has 11 heteroatoms. The largest absolute Gasteiger partial charge is 0.508 e. The van der Waals surface area contributed by atoms with E-state index in [1.807, 2.05) is 13.8 Å². The van der Waals surface area contributed by atoms with Crippen molar-refractivity contribution >= 4 is 23.8 Å². The molecule has 224 valence electrons. The first kappa shape index (κ1) is 29.2. The van der Waals surface area contributed by atoms with E-state index in [4.69, 9.17) is 14.6 Å². The number of benzene rings is 1. The van der Waals surface area contributed by atoms with Gasteiger partial charge in [-0.2, -0.15) is 0 Å². The van der Waals surface area contributed by atoms with Crippen molar-refractivity contribution in [2.45, 2.75) is 104 Å². The summed E-state index contributed by atoms with van der Waals surface area (Å²) >= 11 is 0. The van der Waals surface area contributed by atoms with Gasteiger partial charge in [0.05, 0.1) is 18.2 Å². The molecule has 4 N–H and O–H groups in total. The van der Waals surface area contributed by atoms with Gasteiger partial charge in [0.15, 0.2) is 0 Å². The number of aliphatic hydroxyl groups excluding tert-OH is 1. The lowest BCUT2D eigenvalue weighted by atomic mass is 9.43. The summed E-state index contributed by atoms with van der Waals surface area (Å²) in [6, 6.07) is 0.0122. The molecule has 2 saturated carbocycles. The predicted molar refractivity (Wildman–Crippen MR) is 143 cm³/mol. The Bertz CT molecular complexity index is 1320. The maximum Gasteiger partial charge on any atom is 0.326 e. The Kier molecular flexibility index (Phi) is 6.83. The molecular weight excluding hydrogens is 534 g/mol. The Hall–Kier alpha value is -3.34. The van der Waals surface area contributed by atoms with Crippen molar-refractivity contribution in [2.75, 3.05) is 0 Å². The average Bonchev–Trinajstić information content (AvgIpc) is 3.42. The zero-order valence-electron chi connectivity index (χ0n) is 24.1. The Labute approximate surface area is 238 Å². The number of amides is 1. The van der Waals surface area contributed by atoms with Crippen molar-refractivity contribution < 1.29 is 49.1 Å². The van der Waals surface area contributed by atoms with E-state index in [1.165, 1.54) is 13.0 Å². The van der Waals surface area contributed by atoms with Crippen molar-refractivity contribution in [3.05, 3.63) is 22.8 Å². The van der Waals surface area contributed by atoms with E-state index in [0.29, 0.717) is 29.7 Å². The van der Waals surface area contributed by atoms with E-state index in [1.54, 1.807) is 0 Å². The molecule has 1 amide bonds. The Morgan fingerprint density at radius 1 is 1.17 bits per heavy atom. The molecule has 1 aromatic carbocycles. The molecule has 7 atom stereocenters. The highest BCUT2D eigenvalue weighted by atomic mass is 16.6. The van der Waals surface area contributed by atoms with Gasteiger partial charge in [-0.3, -0.25) is 14.4 Å². The minimum Gasteiger partial charge on any atom is -0.508 e. The van der Waals surface area contributed by atoms with Crippen LogP contribution >= 0.6 is 0 Å². The molecule has 2 aliphatic carbocycles. The molecule has 1 spiro atoms. The number of carbonyl (C=O) groups is 4. The third kappa shape index (κ3) is 4.18. The van der Waals surface area contributed by atoms with Crippen LogP contribution in [0.25, 0.3) is 0 Å². The highest BCUT2D eigenvalue weighted by Gasteiger charge is 2.69. The third-order valence-corrected chi connectivity index (χ3v) is 10.7. The highest BCUT2D eigenvalue weighted by Crippen LogP contribution is 2.67. The Balaban J connectivity index is 1.57. The number of aliphatic carboxylic acids is 2. The fraction of sp³-hybridized carbons (Fsp3) is 0.667. The van der Waals surface area contributed by atoms with Crippen LogP contribution in [0.3, 0.4) is 0 Å². The summed E-state index contributed by atoms with van der Waals surface area (Å²) in [5.41, 5.74) is -0.912. The van der Waals surface area contributed by atoms with Crippen LogP contribution in [0.15, 0.2) is 6.07 Å². The number of aliphatic hydroxyl groups is 1. The number of nitrogens with zero attached hydrogens (tertiary/aromatic N) is 1. The van der Waals surface area contributed by atoms with Gasteiger partial charge >= 0.3 is 17.9 Å². The summed E-state index contributed by atoms with van der Waals surface area (Å²) in [6.07, 6.45) is 0.0244. The van der Waals surface area contributed by atoms with E-state index >= 15 is 0 Å². The van der Waals surface area contributed by atoms with E-state index < -0.39 is 64.9 Å². The number of phenolic OH excluding ortho intramolecular Hbond substituents is 1. The lowest BCUT2D eigenvalue weighted by Crippen LogP contribution is -2.69. The summed E-state index contributed by atoms with van der Waals surface area (Å²) in [4.78, 5) is 49.7. The zero-order chi connectivity index (χ0) is 30.2. The second kappa shape index (κ2) is 9.61. The number of carboxylic acid groups (broad SMARTS) is 2. The molecule has 0 aromatic heterocycles. The van der Waals surface area contributed by atoms with Gasteiger partial charge in [-0.1, -0.05) is 27.7 Å². The molecule has 0 radical (unpaired) electrons. The number of fused-ring (bicyclic) bond motifs is 5. The van der Waals surface area contributed by atoms with Crippen LogP contribution in [-0.2, 0) is 32.1 Å². The van der Waals surface area contributed by atoms with E-state index in [2.05, 4.69) is 13.8 Å². The summed E-state index contributed by atoms with van der Waals surface area (Å²) in [5.74, 6) is -3.31. The molecule has 2 heterocycles. The average molecular weight is 574 g/mol. The number of hydrogen-bond donors (Lipinski definition) is 4. The van der Waals surface area contributed by atoms with Gasteiger partial charge < -0.3 is 34.8 Å². The van der Waals surface area contributed by atoms with Crippen LogP contribution in [-0.4, -0.2) is 73.0 Å². The predicted octanol–water partition coefficient (Wildman–Crippen LogP) is 3.11. The molecule has 0 saturated heterocycles. The summed E-state index contributed by atoms with van der Waals surface area (Å²) in [7, 11) is 0. The van der Waals surface area contributed by atoms with Crippen molar-refractivity contribution in [3.8, 4) is 11.5 Å². The molecular formula is C30H39NO10. The standard InChI is InChI=1S/C30H39NO10/c1-14-6-8-22-28(3,4)25(36)21(40-15(2)32)12-29(22,5)30(14)11-17-20(33)10-16-18(24(17)41-30)13-31(26(16)37)19(27(38)39)7-9-23(34)35/h10,14,19,21-22,25,33,36H,6-9,11-13H2,1-5H3,(H,34,35)(H,38,39). The smallest absolute Gasteiger partial charge is 0.326 e. The minimum atomic E-state index is -1.35. The molecule has 11 nitrogen and oxygen atoms in total. The number of ether oxygens (including phenoxy) is 2. The van der Waals surface area contributed by atoms with Crippen molar-refractivity contribution in [3.63, 3.8) is 0 Å². The first-order valence-corrected chi connectivity index (χ1v) is 14.2. The lowest BCUT2D eigenvalue weighted by Gasteiger charge is -2.65. The van der Waals surface area contributed by atoms with E-state index in [9.17, 15) is 34.5 Å². The molecule has 2 aliphatic heterocycles. The molecule has 41 heavy (non-hydrogen) atoms. The van der Waals surface area contributed by atoms with Crippen LogP contribution in [0, 0.1) is 22.7 Å². The number of phenols is 1. The van der Waals surface area contributed by atoms with Gasteiger partial charge in [-0.05, 0) is 49.0 Å². The highest BCUT2D eigenvalue weighted by molar-refractivity contribution is 6.02. The van der Waals surface area contributed by atoms with Gasteiger partial charge in [-0.25, -0.2) is 4.79 Å². The number of carboxylic acids is 2. The van der Waals surface area contributed by atoms with E-state index in [0.717, 1.165) is 17.7 Å². The fourth-order valence-electron chi connectivity index (χ4n) is 8.64. The van der Waals surface area contributed by atoms with Gasteiger partial charge in [0, 0.05) is 36.3 Å². The van der Waals surface area contributed by atoms with Crippen LogP contribution in [0.1, 0.15) is 88.2 Å². The lowest BCUT2D eigenvalue weighted by molar-refractivity contribution is -0.245. The van der Waals surface area contributed by atoms with Gasteiger partial charge in [0.25, 0.3) is 5.91 Å². The van der Waals surface area contributed by atoms with Gasteiger partial charge in [0.1, 0.15) is 29.2 Å². The molecule has 1 aromatic rings. The number of carbonyl (C=O) groups excluding carboxylic acids is 2. The van der Waals surface area contributed by atoms with Crippen LogP contribution in [0.5, 0.6) is 11.5 Å². The molecule has 0 bridgehead atoms. The molecule has 7 unspecified atom stereocenters. The maximum atomic E-state index is 13.4. The second-order valence-corrected chi connectivity index (χ2v) is 13.2. The normalized spacial score (nSPS) is 33.9. The molecule has 5 rings (SSSR count). The molecule has 4 aliphatic rings. The second-order valence-electron chi connectivity index (χ2n) is 13.2. The summed E-state index contributed by atoms with van der Waals surface area (Å²) in [5, 5.41) is 41.4. The SMILES string of the molecule is CC(=O)OC1CC2(C)C(CCC(C)C23Cc2c(O)cc4c(c2O3)CN(C(CCC(=O)O)C(=O)O)C4=O)C(C)(C)C1O. The number of esters is 1. The van der Waals surface area contributed by atoms with Crippen LogP contribution in [0.4, 0.5) is 0 Å². The quantitative estimate of drug-likeness (QED) is 0.371. The fourth-order valence-corrected chi connectivity index (χ4v) is 8.64. The van der Waals surface area contributed by atoms with Crippen LogP contribution < -0.4 is 4.74 Å². The van der Waals surface area contributed by atoms with Crippen LogP contribution in [0.2, 0.25) is 0 Å². The van der Waals surface area contributed by atoms with Gasteiger partial charge in [0.2, 0.25) is 0 Å². The molecule has 2 fully saturated rings. The summed E-state index contributed by atoms with van der Waals surface area (Å²) in [6.45, 7) is 9.39. The van der Waals surface area contributed by atoms with Crippen molar-refractivity contribution in [1.82, 2.24) is 4.90 Å². The number of aromatic hydroxyl groups is 1. The minimum absolute atomic E-state index is 0.00534. The topological polar surface area (TPSA) is 171 Å². The zero-order valence-corrected chi connectivity index (χ0v) is 24.1. The summed E-state index contributed by atoms with van der Waals surface area (Å²) < 4.78 is 12.6.